The number of aliphatic hydroxyl groups excluding tert-OH is 1. The number of aliphatic hydroxyl groups is 1. The van der Waals surface area contributed by atoms with Crippen molar-refractivity contribution >= 4 is 28.1 Å². The summed E-state index contributed by atoms with van der Waals surface area (Å²) >= 11 is 0. The molecule has 0 bridgehead atoms. The molecule has 1 saturated carbocycles. The summed E-state index contributed by atoms with van der Waals surface area (Å²) in [7, 11) is 0. The SMILES string of the molecule is O=c1ccc2cnc(Nc3ccc(N4CCC(O)CC4)cc3)cc2n1C1CCCCC1. The average Bonchev–Trinajstić information content (AvgIpc) is 2.81. The van der Waals surface area contributed by atoms with Gasteiger partial charge in [-0.3, -0.25) is 4.79 Å². The number of rotatable bonds is 4. The Morgan fingerprint density at radius 3 is 2.42 bits per heavy atom. The minimum Gasteiger partial charge on any atom is -0.393 e. The van der Waals surface area contributed by atoms with Gasteiger partial charge < -0.3 is 19.9 Å². The highest BCUT2D eigenvalue weighted by Crippen LogP contribution is 2.30. The summed E-state index contributed by atoms with van der Waals surface area (Å²) in [4.78, 5) is 19.6. The lowest BCUT2D eigenvalue weighted by Gasteiger charge is -2.31. The van der Waals surface area contributed by atoms with E-state index in [1.165, 1.54) is 24.9 Å². The van der Waals surface area contributed by atoms with Crippen LogP contribution in [0.1, 0.15) is 51.0 Å². The average molecular weight is 419 g/mol. The molecule has 1 aliphatic heterocycles. The minimum atomic E-state index is -0.165. The van der Waals surface area contributed by atoms with Crippen molar-refractivity contribution in [3.8, 4) is 0 Å². The van der Waals surface area contributed by atoms with Gasteiger partial charge in [0, 0.05) is 54.2 Å². The van der Waals surface area contributed by atoms with Gasteiger partial charge in [-0.2, -0.15) is 0 Å². The van der Waals surface area contributed by atoms with Crippen molar-refractivity contribution in [1.29, 1.82) is 0 Å². The molecular formula is C25H30N4O2. The van der Waals surface area contributed by atoms with E-state index in [4.69, 9.17) is 0 Å². The lowest BCUT2D eigenvalue weighted by atomic mass is 9.95. The summed E-state index contributed by atoms with van der Waals surface area (Å²) in [5, 5.41) is 14.1. The summed E-state index contributed by atoms with van der Waals surface area (Å²) in [5.41, 5.74) is 3.18. The third-order valence-electron chi connectivity index (χ3n) is 6.72. The van der Waals surface area contributed by atoms with Gasteiger partial charge in [-0.25, -0.2) is 4.98 Å². The molecule has 0 radical (unpaired) electrons. The van der Waals surface area contributed by atoms with Gasteiger partial charge in [-0.15, -0.1) is 0 Å². The van der Waals surface area contributed by atoms with Crippen molar-refractivity contribution in [2.24, 2.45) is 0 Å². The van der Waals surface area contributed by atoms with E-state index in [1.807, 2.05) is 22.9 Å². The Bertz CT molecular complexity index is 1090. The molecule has 31 heavy (non-hydrogen) atoms. The summed E-state index contributed by atoms with van der Waals surface area (Å²) in [6.07, 6.45) is 9.11. The van der Waals surface area contributed by atoms with Crippen LogP contribution in [0.25, 0.3) is 10.9 Å². The third-order valence-corrected chi connectivity index (χ3v) is 6.72. The number of fused-ring (bicyclic) bond motifs is 1. The van der Waals surface area contributed by atoms with Gasteiger partial charge in [0.25, 0.3) is 5.56 Å². The van der Waals surface area contributed by atoms with Crippen molar-refractivity contribution in [2.75, 3.05) is 23.3 Å². The number of nitrogens with zero attached hydrogens (tertiary/aromatic N) is 3. The molecule has 2 aliphatic rings. The molecule has 2 fully saturated rings. The van der Waals surface area contributed by atoms with Crippen LogP contribution in [0, 0.1) is 0 Å². The first-order valence-corrected chi connectivity index (χ1v) is 11.5. The molecule has 0 unspecified atom stereocenters. The number of benzene rings is 1. The third kappa shape index (κ3) is 4.30. The second-order valence-electron chi connectivity index (χ2n) is 8.85. The number of nitrogens with one attached hydrogen (secondary N) is 1. The highest BCUT2D eigenvalue weighted by molar-refractivity contribution is 5.81. The molecular weight excluding hydrogens is 388 g/mol. The Labute approximate surface area is 182 Å². The Morgan fingerprint density at radius 2 is 1.68 bits per heavy atom. The zero-order chi connectivity index (χ0) is 21.2. The van der Waals surface area contributed by atoms with Gasteiger partial charge in [0.05, 0.1) is 11.6 Å². The van der Waals surface area contributed by atoms with E-state index in [0.717, 1.165) is 61.2 Å². The largest absolute Gasteiger partial charge is 0.393 e. The summed E-state index contributed by atoms with van der Waals surface area (Å²) in [6, 6.07) is 14.2. The van der Waals surface area contributed by atoms with Crippen LogP contribution in [0.2, 0.25) is 0 Å². The first-order valence-electron chi connectivity index (χ1n) is 11.5. The van der Waals surface area contributed by atoms with E-state index in [-0.39, 0.29) is 17.7 Å². The van der Waals surface area contributed by atoms with E-state index in [0.29, 0.717) is 0 Å². The van der Waals surface area contributed by atoms with E-state index >= 15 is 0 Å². The highest BCUT2D eigenvalue weighted by atomic mass is 16.3. The second kappa shape index (κ2) is 8.71. The van der Waals surface area contributed by atoms with Crippen LogP contribution in [-0.4, -0.2) is 33.9 Å². The predicted molar refractivity (Wildman–Crippen MR) is 125 cm³/mol. The fourth-order valence-electron chi connectivity index (χ4n) is 4.96. The molecule has 3 heterocycles. The predicted octanol–water partition coefficient (Wildman–Crippen LogP) is 4.61. The van der Waals surface area contributed by atoms with Gasteiger partial charge >= 0.3 is 0 Å². The lowest BCUT2D eigenvalue weighted by molar-refractivity contribution is 0.145. The van der Waals surface area contributed by atoms with Crippen LogP contribution >= 0.6 is 0 Å². The number of hydrogen-bond donors (Lipinski definition) is 2. The van der Waals surface area contributed by atoms with Crippen molar-refractivity contribution in [1.82, 2.24) is 9.55 Å². The molecule has 1 aromatic carbocycles. The maximum absolute atomic E-state index is 12.7. The van der Waals surface area contributed by atoms with Crippen LogP contribution in [-0.2, 0) is 0 Å². The maximum Gasteiger partial charge on any atom is 0.251 e. The summed E-state index contributed by atoms with van der Waals surface area (Å²) in [6.45, 7) is 1.78. The van der Waals surface area contributed by atoms with E-state index in [9.17, 15) is 9.90 Å². The summed E-state index contributed by atoms with van der Waals surface area (Å²) in [5.74, 6) is 0.747. The molecule has 2 aromatic heterocycles. The van der Waals surface area contributed by atoms with Crippen LogP contribution in [0.5, 0.6) is 0 Å². The monoisotopic (exact) mass is 418 g/mol. The molecule has 3 aromatic rings. The number of pyridine rings is 2. The highest BCUT2D eigenvalue weighted by Gasteiger charge is 2.19. The normalized spacial score (nSPS) is 18.4. The van der Waals surface area contributed by atoms with Gasteiger partial charge in [-0.1, -0.05) is 19.3 Å². The van der Waals surface area contributed by atoms with Crippen LogP contribution < -0.4 is 15.8 Å². The molecule has 6 nitrogen and oxygen atoms in total. The molecule has 5 rings (SSSR count). The molecule has 0 atom stereocenters. The quantitative estimate of drug-likeness (QED) is 0.648. The zero-order valence-corrected chi connectivity index (χ0v) is 17.8. The Balaban J connectivity index is 1.38. The molecule has 6 heteroatoms. The Morgan fingerprint density at radius 1 is 0.935 bits per heavy atom. The minimum absolute atomic E-state index is 0.0764. The Hall–Kier alpha value is -2.86. The van der Waals surface area contributed by atoms with Gasteiger partial charge in [-0.05, 0) is 56.0 Å². The smallest absolute Gasteiger partial charge is 0.251 e. The van der Waals surface area contributed by atoms with E-state index in [1.54, 1.807) is 6.07 Å². The first-order chi connectivity index (χ1) is 15.2. The van der Waals surface area contributed by atoms with E-state index in [2.05, 4.69) is 39.5 Å². The van der Waals surface area contributed by atoms with Gasteiger partial charge in [0.1, 0.15) is 5.82 Å². The van der Waals surface area contributed by atoms with Crippen molar-refractivity contribution in [3.63, 3.8) is 0 Å². The fraction of sp³-hybridized carbons (Fsp3) is 0.440. The fourth-order valence-corrected chi connectivity index (χ4v) is 4.96. The number of anilines is 3. The van der Waals surface area contributed by atoms with Crippen LogP contribution in [0.3, 0.4) is 0 Å². The zero-order valence-electron chi connectivity index (χ0n) is 17.8. The topological polar surface area (TPSA) is 70.4 Å². The van der Waals surface area contributed by atoms with Crippen LogP contribution in [0.4, 0.5) is 17.2 Å². The summed E-state index contributed by atoms with van der Waals surface area (Å²) < 4.78 is 1.98. The standard InChI is InChI=1S/C25H30N4O2/c30-22-12-14-28(15-13-22)20-9-7-19(8-10-20)27-24-16-23-18(17-26-24)6-11-25(31)29(23)21-4-2-1-3-5-21/h6-11,16-17,21-22,30H,1-5,12-15H2,(H,26,27). The van der Waals surface area contributed by atoms with Gasteiger partial charge in [0.15, 0.2) is 0 Å². The second-order valence-corrected chi connectivity index (χ2v) is 8.85. The molecule has 0 amide bonds. The van der Waals surface area contributed by atoms with Crippen molar-refractivity contribution < 1.29 is 5.11 Å². The van der Waals surface area contributed by atoms with Crippen molar-refractivity contribution in [3.05, 3.63) is 59.0 Å². The number of aromatic nitrogens is 2. The molecule has 0 spiro atoms. The number of hydrogen-bond acceptors (Lipinski definition) is 5. The number of piperidine rings is 1. The first kappa shape index (κ1) is 20.1. The lowest BCUT2D eigenvalue weighted by Crippen LogP contribution is -2.35. The van der Waals surface area contributed by atoms with Crippen molar-refractivity contribution in [2.45, 2.75) is 57.1 Å². The molecule has 1 aliphatic carbocycles. The maximum atomic E-state index is 12.7. The molecule has 162 valence electrons. The van der Waals surface area contributed by atoms with E-state index < -0.39 is 0 Å². The van der Waals surface area contributed by atoms with Gasteiger partial charge in [0.2, 0.25) is 0 Å². The van der Waals surface area contributed by atoms with Crippen LogP contribution in [0.15, 0.2) is 53.5 Å². The molecule has 1 saturated heterocycles. The molecule has 2 N–H and O–H groups in total. The Kier molecular flexibility index (Phi) is 5.64.